The van der Waals surface area contributed by atoms with Gasteiger partial charge in [0.05, 0.1) is 18.6 Å². The lowest BCUT2D eigenvalue weighted by Gasteiger charge is -2.30. The van der Waals surface area contributed by atoms with E-state index in [0.717, 1.165) is 5.56 Å². The standard InChI is InChI=1S/C21H26ClNO5S/c1-27-20-4-2-3-5-21(20)28-14-19(24)13-23(18-10-11-29(25,26)15-18)12-16-6-8-17(22)9-7-16/h2-9,18-19,24H,10-15H2,1H3. The molecule has 1 N–H and O–H groups in total. The molecule has 0 aliphatic carbocycles. The Morgan fingerprint density at radius 3 is 2.48 bits per heavy atom. The molecule has 2 unspecified atom stereocenters. The fourth-order valence-corrected chi connectivity index (χ4v) is 5.37. The highest BCUT2D eigenvalue weighted by Gasteiger charge is 2.33. The fraction of sp³-hybridized carbons (Fsp3) is 0.429. The van der Waals surface area contributed by atoms with Crippen molar-refractivity contribution in [3.8, 4) is 11.5 Å². The summed E-state index contributed by atoms with van der Waals surface area (Å²) in [5, 5.41) is 11.2. The quantitative estimate of drug-likeness (QED) is 0.647. The largest absolute Gasteiger partial charge is 0.493 e. The third-order valence-corrected chi connectivity index (χ3v) is 6.97. The van der Waals surface area contributed by atoms with Gasteiger partial charge in [0.2, 0.25) is 0 Å². The van der Waals surface area contributed by atoms with Crippen LogP contribution in [0.5, 0.6) is 11.5 Å². The number of para-hydroxylation sites is 2. The summed E-state index contributed by atoms with van der Waals surface area (Å²) < 4.78 is 34.9. The Labute approximate surface area is 176 Å². The molecule has 0 aromatic heterocycles. The average molecular weight is 440 g/mol. The van der Waals surface area contributed by atoms with Gasteiger partial charge >= 0.3 is 0 Å². The zero-order chi connectivity index (χ0) is 20.9. The van der Waals surface area contributed by atoms with E-state index in [2.05, 4.69) is 0 Å². The maximum absolute atomic E-state index is 12.0. The molecule has 2 aromatic rings. The Morgan fingerprint density at radius 1 is 1.17 bits per heavy atom. The highest BCUT2D eigenvalue weighted by atomic mass is 35.5. The van der Waals surface area contributed by atoms with E-state index >= 15 is 0 Å². The second kappa shape index (κ2) is 9.80. The van der Waals surface area contributed by atoms with Gasteiger partial charge in [0, 0.05) is 24.2 Å². The van der Waals surface area contributed by atoms with Crippen molar-refractivity contribution in [2.24, 2.45) is 0 Å². The maximum Gasteiger partial charge on any atom is 0.161 e. The topological polar surface area (TPSA) is 76.1 Å². The molecule has 1 aliphatic rings. The van der Waals surface area contributed by atoms with Gasteiger partial charge in [-0.15, -0.1) is 0 Å². The minimum absolute atomic E-state index is 0.0803. The summed E-state index contributed by atoms with van der Waals surface area (Å²) >= 11 is 5.96. The van der Waals surface area contributed by atoms with Crippen LogP contribution in [0.25, 0.3) is 0 Å². The number of aliphatic hydroxyl groups is 1. The van der Waals surface area contributed by atoms with Crippen LogP contribution in [0.3, 0.4) is 0 Å². The van der Waals surface area contributed by atoms with Crippen LogP contribution in [0.1, 0.15) is 12.0 Å². The van der Waals surface area contributed by atoms with Gasteiger partial charge in [-0.25, -0.2) is 8.42 Å². The Kier molecular flexibility index (Phi) is 7.40. The number of hydrogen-bond acceptors (Lipinski definition) is 6. The van der Waals surface area contributed by atoms with E-state index in [4.69, 9.17) is 21.1 Å². The smallest absolute Gasteiger partial charge is 0.161 e. The van der Waals surface area contributed by atoms with Crippen LogP contribution in [0.15, 0.2) is 48.5 Å². The first-order valence-corrected chi connectivity index (χ1v) is 11.7. The molecule has 1 fully saturated rings. The van der Waals surface area contributed by atoms with Crippen LogP contribution < -0.4 is 9.47 Å². The summed E-state index contributed by atoms with van der Waals surface area (Å²) in [5.74, 6) is 1.45. The first-order chi connectivity index (χ1) is 13.9. The molecule has 8 heteroatoms. The summed E-state index contributed by atoms with van der Waals surface area (Å²) in [6.07, 6.45) is -0.216. The van der Waals surface area contributed by atoms with Crippen molar-refractivity contribution in [2.45, 2.75) is 25.1 Å². The second-order valence-corrected chi connectivity index (χ2v) is 9.89. The van der Waals surface area contributed by atoms with Crippen molar-refractivity contribution >= 4 is 21.4 Å². The highest BCUT2D eigenvalue weighted by molar-refractivity contribution is 7.91. The van der Waals surface area contributed by atoms with E-state index in [1.54, 1.807) is 19.2 Å². The van der Waals surface area contributed by atoms with Gasteiger partial charge in [-0.3, -0.25) is 4.90 Å². The van der Waals surface area contributed by atoms with Crippen molar-refractivity contribution in [2.75, 3.05) is 31.8 Å². The summed E-state index contributed by atoms with van der Waals surface area (Å²) in [5.41, 5.74) is 1.01. The summed E-state index contributed by atoms with van der Waals surface area (Å²) in [7, 11) is -1.47. The molecule has 0 amide bonds. The number of benzene rings is 2. The Bertz CT molecular complexity index is 904. The third-order valence-electron chi connectivity index (χ3n) is 4.97. The Balaban J connectivity index is 1.66. The number of hydrogen-bond donors (Lipinski definition) is 1. The normalized spacial score (nSPS) is 19.2. The number of sulfone groups is 1. The van der Waals surface area contributed by atoms with Gasteiger partial charge in [0.15, 0.2) is 21.3 Å². The Morgan fingerprint density at radius 2 is 1.86 bits per heavy atom. The van der Waals surface area contributed by atoms with Crippen LogP contribution in [-0.2, 0) is 16.4 Å². The molecular formula is C21H26ClNO5S. The van der Waals surface area contributed by atoms with Crippen LogP contribution in [0.2, 0.25) is 5.02 Å². The highest BCUT2D eigenvalue weighted by Crippen LogP contribution is 2.26. The molecule has 158 valence electrons. The lowest BCUT2D eigenvalue weighted by molar-refractivity contribution is 0.0517. The minimum Gasteiger partial charge on any atom is -0.493 e. The summed E-state index contributed by atoms with van der Waals surface area (Å²) in [6, 6.07) is 14.6. The van der Waals surface area contributed by atoms with Crippen molar-refractivity contribution in [1.29, 1.82) is 0 Å². The zero-order valence-electron chi connectivity index (χ0n) is 16.3. The second-order valence-electron chi connectivity index (χ2n) is 7.23. The third kappa shape index (κ3) is 6.34. The number of nitrogens with zero attached hydrogens (tertiary/aromatic N) is 1. The molecule has 2 atom stereocenters. The van der Waals surface area contributed by atoms with Crippen molar-refractivity contribution in [3.05, 3.63) is 59.1 Å². The lowest BCUT2D eigenvalue weighted by atomic mass is 10.1. The number of aliphatic hydroxyl groups excluding tert-OH is 1. The van der Waals surface area contributed by atoms with Crippen LogP contribution >= 0.6 is 11.6 Å². The molecule has 1 saturated heterocycles. The van der Waals surface area contributed by atoms with Crippen molar-refractivity contribution < 1.29 is 23.0 Å². The molecule has 0 bridgehead atoms. The molecule has 0 saturated carbocycles. The number of halogens is 1. The van der Waals surface area contributed by atoms with Gasteiger partial charge in [-0.05, 0) is 36.2 Å². The van der Waals surface area contributed by atoms with E-state index in [0.29, 0.717) is 36.0 Å². The van der Waals surface area contributed by atoms with Gasteiger partial charge in [-0.2, -0.15) is 0 Å². The van der Waals surface area contributed by atoms with Gasteiger partial charge < -0.3 is 14.6 Å². The van der Waals surface area contributed by atoms with E-state index in [-0.39, 0.29) is 24.2 Å². The van der Waals surface area contributed by atoms with Crippen molar-refractivity contribution in [3.63, 3.8) is 0 Å². The summed E-state index contributed by atoms with van der Waals surface area (Å²) in [4.78, 5) is 2.02. The molecule has 6 nitrogen and oxygen atoms in total. The number of ether oxygens (including phenoxy) is 2. The number of methoxy groups -OCH3 is 1. The van der Waals surface area contributed by atoms with E-state index in [1.807, 2.05) is 41.3 Å². The molecule has 0 spiro atoms. The van der Waals surface area contributed by atoms with Gasteiger partial charge in [-0.1, -0.05) is 35.9 Å². The van der Waals surface area contributed by atoms with Gasteiger partial charge in [0.25, 0.3) is 0 Å². The predicted octanol–water partition coefficient (Wildman–Crippen LogP) is 2.78. The zero-order valence-corrected chi connectivity index (χ0v) is 17.9. The molecule has 1 heterocycles. The van der Waals surface area contributed by atoms with E-state index < -0.39 is 15.9 Å². The average Bonchev–Trinajstić information content (AvgIpc) is 3.07. The van der Waals surface area contributed by atoms with Crippen LogP contribution in [-0.4, -0.2) is 62.3 Å². The first-order valence-electron chi connectivity index (χ1n) is 9.49. The molecule has 29 heavy (non-hydrogen) atoms. The molecule has 2 aromatic carbocycles. The van der Waals surface area contributed by atoms with Crippen molar-refractivity contribution in [1.82, 2.24) is 4.90 Å². The van der Waals surface area contributed by atoms with Crippen LogP contribution in [0.4, 0.5) is 0 Å². The Hall–Kier alpha value is -1.80. The first kappa shape index (κ1) is 21.9. The van der Waals surface area contributed by atoms with E-state index in [1.165, 1.54) is 0 Å². The van der Waals surface area contributed by atoms with Gasteiger partial charge in [0.1, 0.15) is 12.7 Å². The molecular weight excluding hydrogens is 414 g/mol. The number of rotatable bonds is 9. The SMILES string of the molecule is COc1ccccc1OCC(O)CN(Cc1ccc(Cl)cc1)C1CCS(=O)(=O)C1. The minimum atomic E-state index is -3.03. The molecule has 1 aliphatic heterocycles. The molecule has 0 radical (unpaired) electrons. The maximum atomic E-state index is 12.0. The predicted molar refractivity (Wildman–Crippen MR) is 113 cm³/mol. The van der Waals surface area contributed by atoms with Crippen LogP contribution in [0, 0.1) is 0 Å². The monoisotopic (exact) mass is 439 g/mol. The lowest BCUT2D eigenvalue weighted by Crippen LogP contribution is -2.42. The fourth-order valence-electron chi connectivity index (χ4n) is 3.48. The summed E-state index contributed by atoms with van der Waals surface area (Å²) in [6.45, 7) is 0.915. The van der Waals surface area contributed by atoms with E-state index in [9.17, 15) is 13.5 Å². The molecule has 3 rings (SSSR count).